The van der Waals surface area contributed by atoms with Crippen LogP contribution in [0.3, 0.4) is 0 Å². The van der Waals surface area contributed by atoms with Crippen molar-refractivity contribution >= 4 is 5.69 Å². The van der Waals surface area contributed by atoms with Gasteiger partial charge in [-0.1, -0.05) is 38.1 Å². The zero-order valence-corrected chi connectivity index (χ0v) is 15.3. The van der Waals surface area contributed by atoms with E-state index in [4.69, 9.17) is 0 Å². The van der Waals surface area contributed by atoms with Crippen LogP contribution in [0, 0.1) is 0 Å². The molecule has 2 aromatic carbocycles. The molecule has 3 nitrogen and oxygen atoms in total. The Morgan fingerprint density at radius 2 is 1.63 bits per heavy atom. The molecule has 0 saturated carbocycles. The first-order valence-electron chi connectivity index (χ1n) is 8.82. The van der Waals surface area contributed by atoms with Crippen molar-refractivity contribution in [3.8, 4) is 0 Å². The lowest BCUT2D eigenvalue weighted by atomic mass is 10.0. The Hall–Kier alpha value is -2.76. The van der Waals surface area contributed by atoms with Gasteiger partial charge in [0.1, 0.15) is 0 Å². The first kappa shape index (κ1) is 19.0. The van der Waals surface area contributed by atoms with Crippen LogP contribution in [0.15, 0.2) is 60.9 Å². The predicted molar refractivity (Wildman–Crippen MR) is 101 cm³/mol. The minimum atomic E-state index is -4.31. The second kappa shape index (κ2) is 7.86. The Balaban J connectivity index is 1.56. The third-order valence-electron chi connectivity index (χ3n) is 4.39. The van der Waals surface area contributed by atoms with Gasteiger partial charge >= 0.3 is 6.18 Å². The van der Waals surface area contributed by atoms with Gasteiger partial charge in [-0.05, 0) is 41.3 Å². The molecule has 3 aromatic rings. The van der Waals surface area contributed by atoms with E-state index in [0.29, 0.717) is 19.0 Å². The van der Waals surface area contributed by atoms with Crippen LogP contribution in [0.4, 0.5) is 18.9 Å². The van der Waals surface area contributed by atoms with Crippen molar-refractivity contribution in [2.24, 2.45) is 0 Å². The largest absolute Gasteiger partial charge is 0.416 e. The Morgan fingerprint density at radius 1 is 0.963 bits per heavy atom. The summed E-state index contributed by atoms with van der Waals surface area (Å²) in [5, 5.41) is 7.64. The fraction of sp³-hybridized carbons (Fsp3) is 0.286. The quantitative estimate of drug-likeness (QED) is 0.602. The molecule has 0 spiro atoms. The summed E-state index contributed by atoms with van der Waals surface area (Å²) in [6.07, 6.45) is -0.650. The highest BCUT2D eigenvalue weighted by Crippen LogP contribution is 2.29. The van der Waals surface area contributed by atoms with E-state index in [-0.39, 0.29) is 0 Å². The molecule has 0 fully saturated rings. The Morgan fingerprint density at radius 3 is 2.22 bits per heavy atom. The van der Waals surface area contributed by atoms with E-state index in [1.54, 1.807) is 10.9 Å². The van der Waals surface area contributed by atoms with Crippen LogP contribution in [0.25, 0.3) is 0 Å². The summed E-state index contributed by atoms with van der Waals surface area (Å²) in [5.41, 5.74) is 3.48. The molecular weight excluding hydrogens is 351 g/mol. The molecule has 0 aliphatic carbocycles. The maximum atomic E-state index is 12.6. The summed E-state index contributed by atoms with van der Waals surface area (Å²) in [6, 6.07) is 13.5. The molecule has 142 valence electrons. The van der Waals surface area contributed by atoms with Crippen LogP contribution in [0.1, 0.15) is 42.0 Å². The SMILES string of the molecule is CC(C)c1ccc(NCc2cnn(Cc3ccc(C(F)(F)F)cc3)c2)cc1. The maximum absolute atomic E-state index is 12.6. The van der Waals surface area contributed by atoms with Gasteiger partial charge in [-0.2, -0.15) is 18.3 Å². The fourth-order valence-corrected chi connectivity index (χ4v) is 2.76. The van der Waals surface area contributed by atoms with E-state index in [1.807, 2.05) is 6.20 Å². The molecule has 6 heteroatoms. The molecule has 1 aromatic heterocycles. The van der Waals surface area contributed by atoms with Crippen molar-refractivity contribution in [2.75, 3.05) is 5.32 Å². The first-order chi connectivity index (χ1) is 12.8. The van der Waals surface area contributed by atoms with Crippen molar-refractivity contribution in [1.82, 2.24) is 9.78 Å². The summed E-state index contributed by atoms with van der Waals surface area (Å²) in [4.78, 5) is 0. The lowest BCUT2D eigenvalue weighted by Crippen LogP contribution is -2.05. The van der Waals surface area contributed by atoms with Gasteiger partial charge in [0, 0.05) is 24.0 Å². The first-order valence-corrected chi connectivity index (χ1v) is 8.82. The number of rotatable bonds is 6. The second-order valence-electron chi connectivity index (χ2n) is 6.87. The smallest absolute Gasteiger partial charge is 0.381 e. The number of hydrogen-bond donors (Lipinski definition) is 1. The topological polar surface area (TPSA) is 29.9 Å². The molecule has 0 atom stereocenters. The van der Waals surface area contributed by atoms with Gasteiger partial charge in [0.15, 0.2) is 0 Å². The Labute approximate surface area is 156 Å². The van der Waals surface area contributed by atoms with Crippen molar-refractivity contribution in [2.45, 2.75) is 39.0 Å². The van der Waals surface area contributed by atoms with Crippen LogP contribution < -0.4 is 5.32 Å². The number of nitrogens with one attached hydrogen (secondary N) is 1. The molecular formula is C21H22F3N3. The fourth-order valence-electron chi connectivity index (χ4n) is 2.76. The number of aromatic nitrogens is 2. The van der Waals surface area contributed by atoms with E-state index in [0.717, 1.165) is 28.9 Å². The van der Waals surface area contributed by atoms with Gasteiger partial charge in [0.05, 0.1) is 18.3 Å². The highest BCUT2D eigenvalue weighted by molar-refractivity contribution is 5.45. The van der Waals surface area contributed by atoms with Crippen molar-refractivity contribution in [1.29, 1.82) is 0 Å². The number of nitrogens with zero attached hydrogens (tertiary/aromatic N) is 2. The lowest BCUT2D eigenvalue weighted by molar-refractivity contribution is -0.137. The van der Waals surface area contributed by atoms with Crippen LogP contribution >= 0.6 is 0 Å². The van der Waals surface area contributed by atoms with Crippen LogP contribution in [0.5, 0.6) is 0 Å². The Kier molecular flexibility index (Phi) is 5.54. The zero-order valence-electron chi connectivity index (χ0n) is 15.3. The number of benzene rings is 2. The van der Waals surface area contributed by atoms with Gasteiger partial charge in [-0.25, -0.2) is 0 Å². The van der Waals surface area contributed by atoms with E-state index < -0.39 is 11.7 Å². The summed E-state index contributed by atoms with van der Waals surface area (Å²) >= 11 is 0. The average Bonchev–Trinajstić information content (AvgIpc) is 3.07. The van der Waals surface area contributed by atoms with Gasteiger partial charge in [0.25, 0.3) is 0 Å². The van der Waals surface area contributed by atoms with E-state index in [1.165, 1.54) is 17.7 Å². The molecule has 1 N–H and O–H groups in total. The zero-order chi connectivity index (χ0) is 19.4. The van der Waals surface area contributed by atoms with E-state index >= 15 is 0 Å². The normalized spacial score (nSPS) is 11.8. The molecule has 0 saturated heterocycles. The number of anilines is 1. The third-order valence-corrected chi connectivity index (χ3v) is 4.39. The molecule has 0 aliphatic rings. The number of halogens is 3. The standard InChI is InChI=1S/C21H22F3N3/c1-15(2)18-5-9-20(10-6-18)25-11-17-12-26-27(14-17)13-16-3-7-19(8-4-16)21(22,23)24/h3-10,12,14-15,25H,11,13H2,1-2H3. The van der Waals surface area contributed by atoms with Crippen molar-refractivity contribution in [3.05, 3.63) is 83.2 Å². The molecule has 0 radical (unpaired) electrons. The van der Waals surface area contributed by atoms with E-state index in [9.17, 15) is 13.2 Å². The van der Waals surface area contributed by atoms with Crippen molar-refractivity contribution < 1.29 is 13.2 Å². The Bertz CT molecular complexity index is 863. The summed E-state index contributed by atoms with van der Waals surface area (Å²) in [7, 11) is 0. The summed E-state index contributed by atoms with van der Waals surface area (Å²) < 4.78 is 39.6. The maximum Gasteiger partial charge on any atom is 0.416 e. The van der Waals surface area contributed by atoms with Crippen LogP contribution in [-0.4, -0.2) is 9.78 Å². The minimum Gasteiger partial charge on any atom is -0.381 e. The number of alkyl halides is 3. The molecule has 3 rings (SSSR count). The van der Waals surface area contributed by atoms with Crippen LogP contribution in [-0.2, 0) is 19.3 Å². The third kappa shape index (κ3) is 5.12. The van der Waals surface area contributed by atoms with E-state index in [2.05, 4.69) is 48.5 Å². The molecule has 0 bridgehead atoms. The molecule has 0 amide bonds. The second-order valence-corrected chi connectivity index (χ2v) is 6.87. The predicted octanol–water partition coefficient (Wildman–Crippen LogP) is 5.69. The summed E-state index contributed by atoms with van der Waals surface area (Å²) in [5.74, 6) is 0.502. The van der Waals surface area contributed by atoms with Gasteiger partial charge in [-0.15, -0.1) is 0 Å². The average molecular weight is 373 g/mol. The number of hydrogen-bond acceptors (Lipinski definition) is 2. The summed E-state index contributed by atoms with van der Waals surface area (Å²) in [6.45, 7) is 5.39. The van der Waals surface area contributed by atoms with Crippen molar-refractivity contribution in [3.63, 3.8) is 0 Å². The van der Waals surface area contributed by atoms with Gasteiger partial charge in [-0.3, -0.25) is 4.68 Å². The lowest BCUT2D eigenvalue weighted by Gasteiger charge is -2.08. The molecule has 0 unspecified atom stereocenters. The minimum absolute atomic E-state index is 0.432. The molecule has 1 heterocycles. The highest BCUT2D eigenvalue weighted by Gasteiger charge is 2.29. The molecule has 0 aliphatic heterocycles. The van der Waals surface area contributed by atoms with Gasteiger partial charge in [0.2, 0.25) is 0 Å². The monoisotopic (exact) mass is 373 g/mol. The highest BCUT2D eigenvalue weighted by atomic mass is 19.4. The molecule has 27 heavy (non-hydrogen) atoms. The van der Waals surface area contributed by atoms with Crippen LogP contribution in [0.2, 0.25) is 0 Å². The van der Waals surface area contributed by atoms with Gasteiger partial charge < -0.3 is 5.32 Å².